The first-order chi connectivity index (χ1) is 11.9. The van der Waals surface area contributed by atoms with Gasteiger partial charge in [0.05, 0.1) is 11.7 Å². The van der Waals surface area contributed by atoms with Crippen LogP contribution >= 0.6 is 0 Å². The third-order valence-electron chi connectivity index (χ3n) is 5.84. The highest BCUT2D eigenvalue weighted by Crippen LogP contribution is 2.33. The van der Waals surface area contributed by atoms with E-state index in [1.54, 1.807) is 12.0 Å². The van der Waals surface area contributed by atoms with E-state index in [0.717, 1.165) is 11.4 Å². The minimum absolute atomic E-state index is 0.112. The highest BCUT2D eigenvalue weighted by molar-refractivity contribution is 5.99. The summed E-state index contributed by atoms with van der Waals surface area (Å²) < 4.78 is 7.67. The van der Waals surface area contributed by atoms with Crippen LogP contribution < -0.4 is 5.73 Å². The van der Waals surface area contributed by atoms with Crippen LogP contribution in [0.4, 0.5) is 0 Å². The first kappa shape index (κ1) is 18.0. The highest BCUT2D eigenvalue weighted by Gasteiger charge is 2.40. The van der Waals surface area contributed by atoms with Gasteiger partial charge in [-0.05, 0) is 32.8 Å². The molecule has 2 fully saturated rings. The van der Waals surface area contributed by atoms with Gasteiger partial charge in [0.25, 0.3) is 5.91 Å². The predicted molar refractivity (Wildman–Crippen MR) is 95.5 cm³/mol. The maximum Gasteiger partial charge on any atom is 0.256 e. The van der Waals surface area contributed by atoms with E-state index in [4.69, 9.17) is 10.5 Å². The van der Waals surface area contributed by atoms with Crippen LogP contribution in [0.25, 0.3) is 0 Å². The quantitative estimate of drug-likeness (QED) is 0.908. The molecule has 3 rings (SSSR count). The molecule has 6 nitrogen and oxygen atoms in total. The number of likely N-dealkylation sites (tertiary alicyclic amines) is 1. The summed E-state index contributed by atoms with van der Waals surface area (Å²) in [6.45, 7) is 4.49. The van der Waals surface area contributed by atoms with E-state index in [2.05, 4.69) is 11.5 Å². The van der Waals surface area contributed by atoms with E-state index in [1.807, 2.05) is 13.0 Å². The van der Waals surface area contributed by atoms with Gasteiger partial charge in [0.1, 0.15) is 6.04 Å². The van der Waals surface area contributed by atoms with Crippen molar-refractivity contribution in [1.82, 2.24) is 9.47 Å². The van der Waals surface area contributed by atoms with E-state index >= 15 is 0 Å². The van der Waals surface area contributed by atoms with Gasteiger partial charge in [0.2, 0.25) is 5.91 Å². The second-order valence-corrected chi connectivity index (χ2v) is 7.42. The number of aromatic nitrogens is 1. The summed E-state index contributed by atoms with van der Waals surface area (Å²) in [5.74, 6) is -0.576. The molecule has 1 aliphatic heterocycles. The maximum atomic E-state index is 13.1. The smallest absolute Gasteiger partial charge is 0.256 e. The maximum absolute atomic E-state index is 13.1. The Hall–Kier alpha value is -1.82. The van der Waals surface area contributed by atoms with Crippen molar-refractivity contribution in [3.63, 3.8) is 0 Å². The number of methoxy groups -OCH3 is 1. The number of carbonyl (C=O) groups excluding carboxylic acids is 2. The van der Waals surface area contributed by atoms with Gasteiger partial charge in [-0.2, -0.15) is 0 Å². The van der Waals surface area contributed by atoms with Crippen LogP contribution in [0, 0.1) is 13.8 Å². The Bertz CT molecular complexity index is 661. The number of hydrogen-bond acceptors (Lipinski definition) is 3. The molecule has 2 aliphatic rings. The van der Waals surface area contributed by atoms with Crippen molar-refractivity contribution in [2.45, 2.75) is 70.6 Å². The Kier molecular flexibility index (Phi) is 5.18. The first-order valence-corrected chi connectivity index (χ1v) is 9.25. The molecule has 1 aromatic heterocycles. The lowest BCUT2D eigenvalue weighted by Crippen LogP contribution is -2.43. The molecule has 2 amide bonds. The minimum atomic E-state index is -0.588. The van der Waals surface area contributed by atoms with Gasteiger partial charge in [-0.25, -0.2) is 0 Å². The van der Waals surface area contributed by atoms with Crippen molar-refractivity contribution >= 4 is 11.8 Å². The van der Waals surface area contributed by atoms with Crippen LogP contribution in [0.1, 0.15) is 66.3 Å². The summed E-state index contributed by atoms with van der Waals surface area (Å²) in [4.78, 5) is 26.5. The standard InChI is InChI=1S/C19H29N3O3/c1-12-9-16(13(2)22(12)14-7-5-4-6-8-14)19(24)21-11-15(25-3)10-17(21)18(20)23/h9,14-15,17H,4-8,10-11H2,1-3H3,(H2,20,23)/t15-,17-/m0/s1. The Morgan fingerprint density at radius 1 is 1.20 bits per heavy atom. The number of nitrogens with two attached hydrogens (primary N) is 1. The molecule has 138 valence electrons. The fourth-order valence-electron chi connectivity index (χ4n) is 4.51. The van der Waals surface area contributed by atoms with Gasteiger partial charge in [0.15, 0.2) is 0 Å². The molecule has 1 saturated heterocycles. The van der Waals surface area contributed by atoms with Crippen LogP contribution in [0.15, 0.2) is 6.07 Å². The lowest BCUT2D eigenvalue weighted by molar-refractivity contribution is -0.121. The third-order valence-corrected chi connectivity index (χ3v) is 5.84. The van der Waals surface area contributed by atoms with Gasteiger partial charge < -0.3 is 19.9 Å². The van der Waals surface area contributed by atoms with Gasteiger partial charge in [0, 0.05) is 37.5 Å². The zero-order valence-electron chi connectivity index (χ0n) is 15.5. The van der Waals surface area contributed by atoms with E-state index in [0.29, 0.717) is 24.6 Å². The average Bonchev–Trinajstić information content (AvgIpc) is 3.16. The number of rotatable bonds is 4. The minimum Gasteiger partial charge on any atom is -0.380 e. The summed E-state index contributed by atoms with van der Waals surface area (Å²) in [6.07, 6.45) is 6.47. The van der Waals surface area contributed by atoms with Crippen LogP contribution in [0.2, 0.25) is 0 Å². The topological polar surface area (TPSA) is 77.6 Å². The summed E-state index contributed by atoms with van der Waals surface area (Å²) in [7, 11) is 1.60. The lowest BCUT2D eigenvalue weighted by atomic mass is 9.95. The molecule has 2 N–H and O–H groups in total. The van der Waals surface area contributed by atoms with Gasteiger partial charge in [-0.3, -0.25) is 9.59 Å². The normalized spacial score (nSPS) is 24.7. The lowest BCUT2D eigenvalue weighted by Gasteiger charge is -2.27. The van der Waals surface area contributed by atoms with E-state index in [-0.39, 0.29) is 12.0 Å². The molecule has 1 aromatic rings. The molecule has 2 atom stereocenters. The fourth-order valence-corrected chi connectivity index (χ4v) is 4.51. The molecule has 0 radical (unpaired) electrons. The second kappa shape index (κ2) is 7.20. The summed E-state index contributed by atoms with van der Waals surface area (Å²) in [5.41, 5.74) is 8.32. The van der Waals surface area contributed by atoms with Crippen molar-refractivity contribution in [1.29, 1.82) is 0 Å². The molecule has 0 bridgehead atoms. The summed E-state index contributed by atoms with van der Waals surface area (Å²) in [5, 5.41) is 0. The van der Waals surface area contributed by atoms with Crippen molar-refractivity contribution < 1.29 is 14.3 Å². The summed E-state index contributed by atoms with van der Waals surface area (Å²) >= 11 is 0. The number of carbonyl (C=O) groups is 2. The summed E-state index contributed by atoms with van der Waals surface area (Å²) in [6, 6.07) is 1.85. The molecular weight excluding hydrogens is 318 g/mol. The second-order valence-electron chi connectivity index (χ2n) is 7.42. The highest BCUT2D eigenvalue weighted by atomic mass is 16.5. The van der Waals surface area contributed by atoms with Gasteiger partial charge in [-0.1, -0.05) is 19.3 Å². The molecule has 0 aromatic carbocycles. The van der Waals surface area contributed by atoms with Crippen LogP contribution in [-0.2, 0) is 9.53 Å². The van der Waals surface area contributed by atoms with E-state index in [1.165, 1.54) is 32.1 Å². The van der Waals surface area contributed by atoms with Crippen molar-refractivity contribution in [2.75, 3.05) is 13.7 Å². The third kappa shape index (κ3) is 3.32. The SMILES string of the molecule is CO[C@H]1C[C@@H](C(N)=O)N(C(=O)c2cc(C)n(C3CCCCC3)c2C)C1. The van der Waals surface area contributed by atoms with Crippen LogP contribution in [-0.4, -0.2) is 47.1 Å². The number of ether oxygens (including phenoxy) is 1. The fraction of sp³-hybridized carbons (Fsp3) is 0.684. The van der Waals surface area contributed by atoms with E-state index in [9.17, 15) is 9.59 Å². The molecule has 1 aliphatic carbocycles. The van der Waals surface area contributed by atoms with E-state index < -0.39 is 11.9 Å². The van der Waals surface area contributed by atoms with Crippen molar-refractivity contribution in [3.05, 3.63) is 23.0 Å². The number of nitrogens with zero attached hydrogens (tertiary/aromatic N) is 2. The molecule has 2 heterocycles. The average molecular weight is 347 g/mol. The molecule has 6 heteroatoms. The van der Waals surface area contributed by atoms with Crippen molar-refractivity contribution in [3.8, 4) is 0 Å². The molecule has 1 saturated carbocycles. The Morgan fingerprint density at radius 2 is 1.88 bits per heavy atom. The van der Waals surface area contributed by atoms with Gasteiger partial charge in [-0.15, -0.1) is 0 Å². The van der Waals surface area contributed by atoms with Gasteiger partial charge >= 0.3 is 0 Å². The zero-order valence-corrected chi connectivity index (χ0v) is 15.5. The number of amides is 2. The molecule has 25 heavy (non-hydrogen) atoms. The Balaban J connectivity index is 1.88. The Labute approximate surface area is 149 Å². The molecule has 0 unspecified atom stereocenters. The molecular formula is C19H29N3O3. The van der Waals surface area contributed by atoms with Crippen molar-refractivity contribution in [2.24, 2.45) is 5.73 Å². The monoisotopic (exact) mass is 347 g/mol. The first-order valence-electron chi connectivity index (χ1n) is 9.25. The predicted octanol–water partition coefficient (Wildman–Crippen LogP) is 2.32. The van der Waals surface area contributed by atoms with Crippen LogP contribution in [0.3, 0.4) is 0 Å². The number of aryl methyl sites for hydroxylation is 1. The molecule has 0 spiro atoms. The zero-order chi connectivity index (χ0) is 18.1. The van der Waals surface area contributed by atoms with Crippen LogP contribution in [0.5, 0.6) is 0 Å². The number of primary amides is 1. The Morgan fingerprint density at radius 3 is 2.48 bits per heavy atom. The largest absolute Gasteiger partial charge is 0.380 e. The number of hydrogen-bond donors (Lipinski definition) is 1.